The lowest BCUT2D eigenvalue weighted by Crippen LogP contribution is -2.55. The lowest BCUT2D eigenvalue weighted by Gasteiger charge is -2.38. The average Bonchev–Trinajstić information content (AvgIpc) is 2.94. The van der Waals surface area contributed by atoms with Gasteiger partial charge in [0.15, 0.2) is 11.2 Å². The highest BCUT2D eigenvalue weighted by Gasteiger charge is 2.30. The van der Waals surface area contributed by atoms with Crippen molar-refractivity contribution in [1.82, 2.24) is 10.2 Å². The monoisotopic (exact) mass is 530 g/mol. The molecule has 2 heterocycles. The van der Waals surface area contributed by atoms with Crippen molar-refractivity contribution < 1.29 is 14.0 Å². The van der Waals surface area contributed by atoms with Gasteiger partial charge < -0.3 is 25.3 Å². The number of hydrogen-bond acceptors (Lipinski definition) is 6. The Morgan fingerprint density at radius 1 is 0.947 bits per heavy atom. The predicted octanol–water partition coefficient (Wildman–Crippen LogP) is 3.72. The highest BCUT2D eigenvalue weighted by molar-refractivity contribution is 6.30. The predicted molar refractivity (Wildman–Crippen MR) is 149 cm³/mol. The molecule has 1 aliphatic heterocycles. The van der Waals surface area contributed by atoms with Crippen LogP contribution in [-0.2, 0) is 11.2 Å². The molecule has 0 radical (unpaired) electrons. The molecule has 194 valence electrons. The summed E-state index contributed by atoms with van der Waals surface area (Å²) in [5.41, 5.74) is 8.59. The van der Waals surface area contributed by atoms with Crippen LogP contribution in [0.3, 0.4) is 0 Å². The van der Waals surface area contributed by atoms with Crippen molar-refractivity contribution in [1.29, 1.82) is 0 Å². The zero-order chi connectivity index (χ0) is 26.6. The quantitative estimate of drug-likeness (QED) is 0.368. The second-order valence-electron chi connectivity index (χ2n) is 9.20. The number of fused-ring (bicyclic) bond motifs is 1. The van der Waals surface area contributed by atoms with Crippen LogP contribution < -0.4 is 21.4 Å². The molecule has 1 atom stereocenters. The van der Waals surface area contributed by atoms with Gasteiger partial charge in [-0.1, -0.05) is 48.0 Å². The molecule has 3 aromatic carbocycles. The number of amides is 2. The molecule has 38 heavy (non-hydrogen) atoms. The van der Waals surface area contributed by atoms with Crippen molar-refractivity contribution in [2.24, 2.45) is 0 Å². The third-order valence-electron chi connectivity index (χ3n) is 6.68. The van der Waals surface area contributed by atoms with E-state index < -0.39 is 11.9 Å². The number of nitrogens with zero attached hydrogens (tertiary/aromatic N) is 2. The molecule has 0 saturated carbocycles. The average molecular weight is 531 g/mol. The molecule has 5 rings (SSSR count). The van der Waals surface area contributed by atoms with Gasteiger partial charge >= 0.3 is 0 Å². The number of nitrogens with two attached hydrogens (primary N) is 1. The Morgan fingerprint density at radius 2 is 1.63 bits per heavy atom. The number of halogens is 1. The molecule has 1 aromatic heterocycles. The van der Waals surface area contributed by atoms with Crippen molar-refractivity contribution >= 4 is 45.8 Å². The van der Waals surface area contributed by atoms with Gasteiger partial charge in [0.25, 0.3) is 5.91 Å². The van der Waals surface area contributed by atoms with Crippen LogP contribution in [0, 0.1) is 0 Å². The second-order valence-corrected chi connectivity index (χ2v) is 9.64. The standard InChI is InChI=1S/C29H27ClN4O4/c30-20-11-9-19(10-12-20)17-23(32-28(36)27-18-25(35)21-5-1-4-8-26(21)38-27)29(37)34-15-13-33(14-16-34)24-7-3-2-6-22(24)31/h1-12,18,23H,13-17,31H2,(H,32,36)/t23-/m1/s1. The highest BCUT2D eigenvalue weighted by atomic mass is 35.5. The van der Waals surface area contributed by atoms with Gasteiger partial charge in [0.2, 0.25) is 5.91 Å². The fraction of sp³-hybridized carbons (Fsp3) is 0.207. The molecule has 9 heteroatoms. The van der Waals surface area contributed by atoms with Crippen molar-refractivity contribution in [3.05, 3.63) is 105 Å². The van der Waals surface area contributed by atoms with Crippen LogP contribution in [-0.4, -0.2) is 48.9 Å². The summed E-state index contributed by atoms with van der Waals surface area (Å²) in [7, 11) is 0. The number of carbonyl (C=O) groups excluding carboxylic acids is 2. The minimum absolute atomic E-state index is 0.146. The molecule has 0 bridgehead atoms. The van der Waals surface area contributed by atoms with Crippen molar-refractivity contribution in [2.75, 3.05) is 36.8 Å². The molecule has 4 aromatic rings. The Labute approximate surface area is 224 Å². The maximum atomic E-state index is 13.7. The third kappa shape index (κ3) is 5.50. The number of para-hydroxylation sites is 3. The smallest absolute Gasteiger partial charge is 0.287 e. The number of benzene rings is 3. The molecule has 1 saturated heterocycles. The van der Waals surface area contributed by atoms with Crippen LogP contribution in [0.15, 0.2) is 88.1 Å². The van der Waals surface area contributed by atoms with Crippen LogP contribution >= 0.6 is 11.6 Å². The maximum absolute atomic E-state index is 13.7. The van der Waals surface area contributed by atoms with Crippen molar-refractivity contribution in [2.45, 2.75) is 12.5 Å². The lowest BCUT2D eigenvalue weighted by molar-refractivity contribution is -0.133. The summed E-state index contributed by atoms with van der Waals surface area (Å²) in [6, 6.07) is 21.8. The van der Waals surface area contributed by atoms with E-state index in [2.05, 4.69) is 10.2 Å². The van der Waals surface area contributed by atoms with E-state index in [0.717, 1.165) is 17.3 Å². The van der Waals surface area contributed by atoms with Gasteiger partial charge in [-0.05, 0) is 42.0 Å². The van der Waals surface area contributed by atoms with Gasteiger partial charge in [0.05, 0.1) is 16.8 Å². The fourth-order valence-corrected chi connectivity index (χ4v) is 4.79. The molecule has 2 amide bonds. The largest absolute Gasteiger partial charge is 0.451 e. The Morgan fingerprint density at radius 3 is 2.37 bits per heavy atom. The number of hydrogen-bond donors (Lipinski definition) is 2. The Balaban J connectivity index is 1.35. The minimum Gasteiger partial charge on any atom is -0.451 e. The molecule has 1 fully saturated rings. The van der Waals surface area contributed by atoms with E-state index in [1.807, 2.05) is 36.4 Å². The first-order valence-corrected chi connectivity index (χ1v) is 12.7. The van der Waals surface area contributed by atoms with Crippen LogP contribution in [0.4, 0.5) is 11.4 Å². The van der Waals surface area contributed by atoms with Crippen LogP contribution in [0.2, 0.25) is 5.02 Å². The molecule has 0 aliphatic carbocycles. The summed E-state index contributed by atoms with van der Waals surface area (Å²) in [6.07, 6.45) is 0.255. The van der Waals surface area contributed by atoms with E-state index in [-0.39, 0.29) is 23.5 Å². The molecular weight excluding hydrogens is 504 g/mol. The van der Waals surface area contributed by atoms with Crippen LogP contribution in [0.25, 0.3) is 11.0 Å². The number of nitrogen functional groups attached to an aromatic ring is 1. The number of piperazine rings is 1. The molecule has 0 unspecified atom stereocenters. The Bertz CT molecular complexity index is 1530. The zero-order valence-electron chi connectivity index (χ0n) is 20.6. The Kier molecular flexibility index (Phi) is 7.33. The molecule has 8 nitrogen and oxygen atoms in total. The zero-order valence-corrected chi connectivity index (χ0v) is 21.4. The number of rotatable bonds is 6. The van der Waals surface area contributed by atoms with E-state index in [1.165, 1.54) is 0 Å². The molecule has 3 N–H and O–H groups in total. The molecule has 0 spiro atoms. The topological polar surface area (TPSA) is 109 Å². The van der Waals surface area contributed by atoms with Crippen LogP contribution in [0.5, 0.6) is 0 Å². The summed E-state index contributed by atoms with van der Waals surface area (Å²) in [4.78, 5) is 43.3. The van der Waals surface area contributed by atoms with Gasteiger partial charge in [-0.2, -0.15) is 0 Å². The van der Waals surface area contributed by atoms with E-state index in [9.17, 15) is 14.4 Å². The number of anilines is 2. The normalized spacial score (nSPS) is 14.3. The minimum atomic E-state index is -0.867. The first-order valence-electron chi connectivity index (χ1n) is 12.4. The summed E-state index contributed by atoms with van der Waals surface area (Å²) >= 11 is 6.03. The van der Waals surface area contributed by atoms with Gasteiger partial charge in [0, 0.05) is 43.7 Å². The van der Waals surface area contributed by atoms with E-state index in [4.69, 9.17) is 21.8 Å². The summed E-state index contributed by atoms with van der Waals surface area (Å²) in [5.74, 6) is -0.986. The SMILES string of the molecule is Nc1ccccc1N1CCN(C(=O)[C@@H](Cc2ccc(Cl)cc2)NC(=O)c2cc(=O)c3ccccc3o2)CC1. The van der Waals surface area contributed by atoms with E-state index >= 15 is 0 Å². The van der Waals surface area contributed by atoms with Gasteiger partial charge in [-0.25, -0.2) is 0 Å². The molecule has 1 aliphatic rings. The first kappa shape index (κ1) is 25.4. The van der Waals surface area contributed by atoms with E-state index in [0.29, 0.717) is 47.9 Å². The van der Waals surface area contributed by atoms with E-state index in [1.54, 1.807) is 41.3 Å². The second kappa shape index (κ2) is 11.0. The van der Waals surface area contributed by atoms with Gasteiger partial charge in [-0.15, -0.1) is 0 Å². The maximum Gasteiger partial charge on any atom is 0.287 e. The highest BCUT2D eigenvalue weighted by Crippen LogP contribution is 2.24. The molecular formula is C29H27ClN4O4. The third-order valence-corrected chi connectivity index (χ3v) is 6.94. The summed E-state index contributed by atoms with van der Waals surface area (Å²) < 4.78 is 5.70. The van der Waals surface area contributed by atoms with Crippen molar-refractivity contribution in [3.8, 4) is 0 Å². The fourth-order valence-electron chi connectivity index (χ4n) is 4.67. The van der Waals surface area contributed by atoms with Crippen molar-refractivity contribution in [3.63, 3.8) is 0 Å². The summed E-state index contributed by atoms with van der Waals surface area (Å²) in [5, 5.41) is 3.77. The summed E-state index contributed by atoms with van der Waals surface area (Å²) in [6.45, 7) is 2.18. The number of carbonyl (C=O) groups is 2. The van der Waals surface area contributed by atoms with Crippen LogP contribution in [0.1, 0.15) is 16.1 Å². The Hall–Kier alpha value is -4.30. The lowest BCUT2D eigenvalue weighted by atomic mass is 10.0. The van der Waals surface area contributed by atoms with Gasteiger partial charge in [0.1, 0.15) is 11.6 Å². The van der Waals surface area contributed by atoms with Gasteiger partial charge in [-0.3, -0.25) is 14.4 Å². The first-order chi connectivity index (χ1) is 18.4. The number of nitrogens with one attached hydrogen (secondary N) is 1.